The molecule has 10 heavy (non-hydrogen) atoms. The molecule has 0 saturated heterocycles. The van der Waals surface area contributed by atoms with Crippen molar-refractivity contribution >= 4 is 0 Å². The molecule has 0 atom stereocenters. The highest BCUT2D eigenvalue weighted by Crippen LogP contribution is 2.18. The van der Waals surface area contributed by atoms with Crippen LogP contribution < -0.4 is 0 Å². The smallest absolute Gasteiger partial charge is 0.000182 e. The summed E-state index contributed by atoms with van der Waals surface area (Å²) in [6.07, 6.45) is 6.37. The Morgan fingerprint density at radius 1 is 1.30 bits per heavy atom. The Hall–Kier alpha value is -0.520. The van der Waals surface area contributed by atoms with Crippen LogP contribution in [0.25, 0.3) is 0 Å². The van der Waals surface area contributed by atoms with Crippen LogP contribution in [0, 0.1) is 11.3 Å². The van der Waals surface area contributed by atoms with E-state index in [0.29, 0.717) is 5.92 Å². The van der Waals surface area contributed by atoms with Crippen LogP contribution in [0.2, 0.25) is 0 Å². The van der Waals surface area contributed by atoms with E-state index in [4.69, 9.17) is 0 Å². The van der Waals surface area contributed by atoms with Gasteiger partial charge in [0.2, 0.25) is 0 Å². The summed E-state index contributed by atoms with van der Waals surface area (Å²) in [5, 5.41) is 0. The summed E-state index contributed by atoms with van der Waals surface area (Å²) in [6, 6.07) is 0. The van der Waals surface area contributed by atoms with E-state index in [0.717, 1.165) is 0 Å². The molecule has 0 N–H and O–H groups in total. The summed E-state index contributed by atoms with van der Waals surface area (Å²) < 4.78 is 0. The van der Waals surface area contributed by atoms with E-state index in [1.807, 2.05) is 6.08 Å². The first-order chi connectivity index (χ1) is 4.48. The first-order valence-electron chi connectivity index (χ1n) is 3.81. The van der Waals surface area contributed by atoms with Gasteiger partial charge in [0.25, 0.3) is 0 Å². The molecule has 58 valence electrons. The van der Waals surface area contributed by atoms with E-state index in [1.165, 1.54) is 0 Å². The summed E-state index contributed by atoms with van der Waals surface area (Å²) in [6.45, 7) is 12.4. The Morgan fingerprint density at radius 2 is 1.80 bits per heavy atom. The largest absolute Gasteiger partial charge is 0.102 e. The Bertz CT molecular complexity index is 127. The van der Waals surface area contributed by atoms with Crippen molar-refractivity contribution in [1.29, 1.82) is 0 Å². The predicted molar refractivity (Wildman–Crippen MR) is 48.0 cm³/mol. The van der Waals surface area contributed by atoms with Gasteiger partial charge in [-0.05, 0) is 5.92 Å². The maximum Gasteiger partial charge on any atom is 0.000182 e. The highest BCUT2D eigenvalue weighted by atomic mass is 14.1. The summed E-state index contributed by atoms with van der Waals surface area (Å²) in [4.78, 5) is 0. The molecule has 0 unspecified atom stereocenters. The van der Waals surface area contributed by atoms with Crippen LogP contribution in [0.1, 0.15) is 27.7 Å². The fraction of sp³-hybridized carbons (Fsp3) is 0.600. The first-order valence-corrected chi connectivity index (χ1v) is 3.81. The average Bonchev–Trinajstić information content (AvgIpc) is 1.85. The van der Waals surface area contributed by atoms with Crippen LogP contribution in [-0.4, -0.2) is 0 Å². The summed E-state index contributed by atoms with van der Waals surface area (Å²) in [5.74, 6) is 0.638. The Morgan fingerprint density at radius 3 is 2.10 bits per heavy atom. The first kappa shape index (κ1) is 9.48. The molecule has 0 radical (unpaired) electrons. The Balaban J connectivity index is 3.98. The van der Waals surface area contributed by atoms with Gasteiger partial charge in [0, 0.05) is 5.41 Å². The predicted octanol–water partition coefficient (Wildman–Crippen LogP) is 3.41. The number of hydrogen-bond acceptors (Lipinski definition) is 0. The van der Waals surface area contributed by atoms with Gasteiger partial charge in [-0.1, -0.05) is 45.9 Å². The van der Waals surface area contributed by atoms with Gasteiger partial charge in [-0.3, -0.25) is 0 Å². The van der Waals surface area contributed by atoms with Crippen LogP contribution in [0.4, 0.5) is 0 Å². The molecule has 0 aliphatic rings. The van der Waals surface area contributed by atoms with Gasteiger partial charge in [-0.25, -0.2) is 0 Å². The van der Waals surface area contributed by atoms with Crippen molar-refractivity contribution in [3.8, 4) is 0 Å². The highest BCUT2D eigenvalue weighted by molar-refractivity contribution is 5.04. The fourth-order valence-corrected chi connectivity index (χ4v) is 0.508. The second-order valence-corrected chi connectivity index (χ2v) is 3.63. The molecule has 0 saturated carbocycles. The molecule has 0 fully saturated rings. The van der Waals surface area contributed by atoms with E-state index in [1.54, 1.807) is 0 Å². The van der Waals surface area contributed by atoms with Gasteiger partial charge in [-0.2, -0.15) is 0 Å². The Labute approximate surface area is 64.6 Å². The fourth-order valence-electron chi connectivity index (χ4n) is 0.508. The SMILES string of the molecule is C=CC(C)(C)/C=C/C(C)C. The maximum atomic E-state index is 3.76. The third kappa shape index (κ3) is 4.37. The van der Waals surface area contributed by atoms with Crippen molar-refractivity contribution in [1.82, 2.24) is 0 Å². The minimum Gasteiger partial charge on any atom is -0.102 e. The molecule has 0 aromatic rings. The van der Waals surface area contributed by atoms with Crippen molar-refractivity contribution in [2.45, 2.75) is 27.7 Å². The second-order valence-electron chi connectivity index (χ2n) is 3.63. The van der Waals surface area contributed by atoms with E-state index >= 15 is 0 Å². The molecule has 0 aromatic carbocycles. The van der Waals surface area contributed by atoms with Gasteiger partial charge in [-0.15, -0.1) is 6.58 Å². The third-order valence-corrected chi connectivity index (χ3v) is 1.44. The number of allylic oxidation sites excluding steroid dienone is 3. The molecule has 0 aliphatic heterocycles. The van der Waals surface area contributed by atoms with Crippen molar-refractivity contribution in [2.75, 3.05) is 0 Å². The molecule has 0 aliphatic carbocycles. The van der Waals surface area contributed by atoms with Crippen LogP contribution in [-0.2, 0) is 0 Å². The third-order valence-electron chi connectivity index (χ3n) is 1.44. The van der Waals surface area contributed by atoms with Crippen LogP contribution >= 0.6 is 0 Å². The van der Waals surface area contributed by atoms with E-state index in [9.17, 15) is 0 Å². The lowest BCUT2D eigenvalue weighted by molar-refractivity contribution is 0.618. The summed E-state index contributed by atoms with van der Waals surface area (Å²) in [5.41, 5.74) is 0.157. The standard InChI is InChI=1S/C10H18/c1-6-10(4,5)8-7-9(2)3/h6-9H,1H2,2-5H3/b8-7+. The summed E-state index contributed by atoms with van der Waals surface area (Å²) >= 11 is 0. The van der Waals surface area contributed by atoms with Gasteiger partial charge >= 0.3 is 0 Å². The van der Waals surface area contributed by atoms with E-state index in [2.05, 4.69) is 46.4 Å². The van der Waals surface area contributed by atoms with Crippen molar-refractivity contribution < 1.29 is 0 Å². The quantitative estimate of drug-likeness (QED) is 0.524. The monoisotopic (exact) mass is 138 g/mol. The zero-order valence-electron chi connectivity index (χ0n) is 7.52. The van der Waals surface area contributed by atoms with Gasteiger partial charge in [0.1, 0.15) is 0 Å². The Kier molecular flexibility index (Phi) is 3.41. The van der Waals surface area contributed by atoms with Crippen LogP contribution in [0.15, 0.2) is 24.8 Å². The van der Waals surface area contributed by atoms with E-state index in [-0.39, 0.29) is 5.41 Å². The molecule has 0 aromatic heterocycles. The molecule has 0 heterocycles. The molecular weight excluding hydrogens is 120 g/mol. The number of rotatable bonds is 3. The van der Waals surface area contributed by atoms with Crippen molar-refractivity contribution in [3.05, 3.63) is 24.8 Å². The lowest BCUT2D eigenvalue weighted by Crippen LogP contribution is -2.01. The lowest BCUT2D eigenvalue weighted by atomic mass is 9.92. The average molecular weight is 138 g/mol. The topological polar surface area (TPSA) is 0 Å². The van der Waals surface area contributed by atoms with Crippen LogP contribution in [0.3, 0.4) is 0 Å². The van der Waals surface area contributed by atoms with Crippen molar-refractivity contribution in [2.24, 2.45) is 11.3 Å². The maximum absolute atomic E-state index is 3.76. The number of hydrogen-bond donors (Lipinski definition) is 0. The minimum absolute atomic E-state index is 0.157. The normalized spacial score (nSPS) is 12.9. The van der Waals surface area contributed by atoms with Crippen LogP contribution in [0.5, 0.6) is 0 Å². The molecule has 0 nitrogen and oxygen atoms in total. The molecule has 0 heteroatoms. The summed E-state index contributed by atoms with van der Waals surface area (Å²) in [7, 11) is 0. The molecular formula is C10H18. The van der Waals surface area contributed by atoms with Gasteiger partial charge in [0.15, 0.2) is 0 Å². The van der Waals surface area contributed by atoms with Gasteiger partial charge < -0.3 is 0 Å². The van der Waals surface area contributed by atoms with E-state index < -0.39 is 0 Å². The lowest BCUT2D eigenvalue weighted by Gasteiger charge is -2.13. The molecule has 0 spiro atoms. The molecule has 0 rings (SSSR count). The van der Waals surface area contributed by atoms with Crippen molar-refractivity contribution in [3.63, 3.8) is 0 Å². The van der Waals surface area contributed by atoms with Gasteiger partial charge in [0.05, 0.1) is 0 Å². The second kappa shape index (κ2) is 3.60. The molecule has 0 bridgehead atoms. The minimum atomic E-state index is 0.157. The zero-order chi connectivity index (χ0) is 8.20. The zero-order valence-corrected chi connectivity index (χ0v) is 7.52. The molecule has 0 amide bonds. The highest BCUT2D eigenvalue weighted by Gasteiger charge is 2.06.